The summed E-state index contributed by atoms with van der Waals surface area (Å²) in [4.78, 5) is 34.0. The molecule has 0 saturated carbocycles. The third-order valence-corrected chi connectivity index (χ3v) is 2.91. The van der Waals surface area contributed by atoms with Gasteiger partial charge in [-0.25, -0.2) is 9.59 Å². The van der Waals surface area contributed by atoms with E-state index >= 15 is 0 Å². The molecule has 1 fully saturated rings. The van der Waals surface area contributed by atoms with Gasteiger partial charge in [0.2, 0.25) is 0 Å². The van der Waals surface area contributed by atoms with Crippen molar-refractivity contribution < 1.29 is 29.3 Å². The summed E-state index contributed by atoms with van der Waals surface area (Å²) in [6, 6.07) is 0. The number of ether oxygens (including phenoxy) is 1. The quantitative estimate of drug-likeness (QED) is 0.514. The van der Waals surface area contributed by atoms with E-state index in [0.29, 0.717) is 0 Å². The van der Waals surface area contributed by atoms with Crippen LogP contribution in [0.2, 0.25) is 0 Å². The predicted octanol–water partition coefficient (Wildman–Crippen LogP) is -0.801. The van der Waals surface area contributed by atoms with E-state index in [-0.39, 0.29) is 11.9 Å². The molecule has 8 nitrogen and oxygen atoms in total. The summed E-state index contributed by atoms with van der Waals surface area (Å²) in [5.74, 6) is -3.77. The molecule has 0 aliphatic carbocycles. The second-order valence-corrected chi connectivity index (χ2v) is 4.64. The van der Waals surface area contributed by atoms with Gasteiger partial charge >= 0.3 is 17.9 Å². The van der Waals surface area contributed by atoms with Gasteiger partial charge in [-0.05, 0) is 7.05 Å². The molecule has 1 aliphatic heterocycles. The Kier molecular flexibility index (Phi) is 8.49. The summed E-state index contributed by atoms with van der Waals surface area (Å²) in [5.41, 5.74) is 0. The SMILES string of the molecule is COC(=O)C(C)CN1CCN(C)CC1.O=C(O)C(=O)O. The molecule has 8 heteroatoms. The number of piperazine rings is 1. The predicted molar refractivity (Wildman–Crippen MR) is 70.4 cm³/mol. The average Bonchev–Trinajstić information content (AvgIpc) is 2.41. The zero-order valence-corrected chi connectivity index (χ0v) is 12.0. The molecule has 1 atom stereocenters. The largest absolute Gasteiger partial charge is 0.473 e. The molecular formula is C12H22N2O6. The highest BCUT2D eigenvalue weighted by Crippen LogP contribution is 2.05. The Morgan fingerprint density at radius 3 is 1.90 bits per heavy atom. The van der Waals surface area contributed by atoms with Crippen LogP contribution in [0.5, 0.6) is 0 Å². The second-order valence-electron chi connectivity index (χ2n) is 4.64. The molecular weight excluding hydrogens is 268 g/mol. The molecule has 20 heavy (non-hydrogen) atoms. The smallest absolute Gasteiger partial charge is 0.414 e. The van der Waals surface area contributed by atoms with Gasteiger partial charge in [0.15, 0.2) is 0 Å². The number of carbonyl (C=O) groups excluding carboxylic acids is 1. The van der Waals surface area contributed by atoms with E-state index in [2.05, 4.69) is 16.8 Å². The Bertz CT molecular complexity index is 327. The normalized spacial score (nSPS) is 17.6. The summed E-state index contributed by atoms with van der Waals surface area (Å²) in [5, 5.41) is 14.8. The number of aliphatic carboxylic acids is 2. The van der Waals surface area contributed by atoms with E-state index in [1.807, 2.05) is 6.92 Å². The summed E-state index contributed by atoms with van der Waals surface area (Å²) in [6.45, 7) is 7.03. The summed E-state index contributed by atoms with van der Waals surface area (Å²) in [7, 11) is 3.57. The fourth-order valence-electron chi connectivity index (χ4n) is 1.69. The van der Waals surface area contributed by atoms with Gasteiger partial charge in [0.05, 0.1) is 13.0 Å². The van der Waals surface area contributed by atoms with E-state index < -0.39 is 11.9 Å². The Balaban J connectivity index is 0.000000511. The van der Waals surface area contributed by atoms with Gasteiger partial charge in [0.25, 0.3) is 0 Å². The highest BCUT2D eigenvalue weighted by Gasteiger charge is 2.20. The minimum absolute atomic E-state index is 0.0107. The van der Waals surface area contributed by atoms with E-state index in [4.69, 9.17) is 24.5 Å². The summed E-state index contributed by atoms with van der Waals surface area (Å²) in [6.07, 6.45) is 0. The minimum Gasteiger partial charge on any atom is -0.473 e. The molecule has 0 aromatic carbocycles. The van der Waals surface area contributed by atoms with Crippen molar-refractivity contribution in [3.63, 3.8) is 0 Å². The first-order chi connectivity index (χ1) is 9.27. The number of rotatable bonds is 3. The lowest BCUT2D eigenvalue weighted by atomic mass is 10.1. The Morgan fingerprint density at radius 1 is 1.10 bits per heavy atom. The maximum Gasteiger partial charge on any atom is 0.414 e. The molecule has 1 saturated heterocycles. The molecule has 0 radical (unpaired) electrons. The highest BCUT2D eigenvalue weighted by molar-refractivity contribution is 6.27. The summed E-state index contributed by atoms with van der Waals surface area (Å²) >= 11 is 0. The lowest BCUT2D eigenvalue weighted by molar-refractivity contribution is -0.159. The first-order valence-corrected chi connectivity index (χ1v) is 6.22. The van der Waals surface area contributed by atoms with Gasteiger partial charge in [-0.1, -0.05) is 6.92 Å². The van der Waals surface area contributed by atoms with Crippen LogP contribution in [0.3, 0.4) is 0 Å². The fourth-order valence-corrected chi connectivity index (χ4v) is 1.69. The van der Waals surface area contributed by atoms with Crippen LogP contribution in [0.15, 0.2) is 0 Å². The van der Waals surface area contributed by atoms with Crippen LogP contribution >= 0.6 is 0 Å². The Hall–Kier alpha value is -1.67. The number of likely N-dealkylation sites (N-methyl/N-ethyl adjacent to an activating group) is 1. The van der Waals surface area contributed by atoms with Crippen molar-refractivity contribution in [3.8, 4) is 0 Å². The summed E-state index contributed by atoms with van der Waals surface area (Å²) < 4.78 is 4.70. The monoisotopic (exact) mass is 290 g/mol. The van der Waals surface area contributed by atoms with E-state index in [1.165, 1.54) is 7.11 Å². The number of methoxy groups -OCH3 is 1. The van der Waals surface area contributed by atoms with Crippen LogP contribution in [0.4, 0.5) is 0 Å². The molecule has 1 rings (SSSR count). The van der Waals surface area contributed by atoms with E-state index in [9.17, 15) is 4.79 Å². The lowest BCUT2D eigenvalue weighted by Gasteiger charge is -2.33. The zero-order chi connectivity index (χ0) is 15.7. The number of nitrogens with zero attached hydrogens (tertiary/aromatic N) is 2. The first-order valence-electron chi connectivity index (χ1n) is 6.22. The van der Waals surface area contributed by atoms with Crippen molar-refractivity contribution in [2.24, 2.45) is 5.92 Å². The van der Waals surface area contributed by atoms with E-state index in [0.717, 1.165) is 32.7 Å². The molecule has 0 aromatic heterocycles. The third-order valence-electron chi connectivity index (χ3n) is 2.91. The van der Waals surface area contributed by atoms with Crippen molar-refractivity contribution in [1.29, 1.82) is 0 Å². The first kappa shape index (κ1) is 18.3. The van der Waals surface area contributed by atoms with Crippen LogP contribution < -0.4 is 0 Å². The molecule has 0 aromatic rings. The van der Waals surface area contributed by atoms with E-state index in [1.54, 1.807) is 0 Å². The van der Waals surface area contributed by atoms with Gasteiger partial charge in [0, 0.05) is 32.7 Å². The van der Waals surface area contributed by atoms with Gasteiger partial charge in [-0.15, -0.1) is 0 Å². The standard InChI is InChI=1S/C10H20N2O2.C2H2O4/c1-9(10(13)14-3)8-12-6-4-11(2)5-7-12;3-1(4)2(5)6/h9H,4-8H2,1-3H3;(H,3,4)(H,5,6). The number of hydrogen-bond acceptors (Lipinski definition) is 6. The second kappa shape index (κ2) is 9.27. The fraction of sp³-hybridized carbons (Fsp3) is 0.750. The van der Waals surface area contributed by atoms with Crippen molar-refractivity contribution in [2.75, 3.05) is 46.9 Å². The average molecular weight is 290 g/mol. The van der Waals surface area contributed by atoms with Crippen molar-refractivity contribution in [3.05, 3.63) is 0 Å². The molecule has 0 amide bonds. The van der Waals surface area contributed by atoms with Crippen molar-refractivity contribution >= 4 is 17.9 Å². The maximum atomic E-state index is 11.2. The van der Waals surface area contributed by atoms with Crippen LogP contribution in [0.1, 0.15) is 6.92 Å². The van der Waals surface area contributed by atoms with Crippen molar-refractivity contribution in [1.82, 2.24) is 9.80 Å². The van der Waals surface area contributed by atoms with Gasteiger partial charge < -0.3 is 19.8 Å². The molecule has 2 N–H and O–H groups in total. The molecule has 116 valence electrons. The highest BCUT2D eigenvalue weighted by atomic mass is 16.5. The topological polar surface area (TPSA) is 107 Å². The number of hydrogen-bond donors (Lipinski definition) is 2. The number of esters is 1. The minimum atomic E-state index is -1.82. The Labute approximate surface area is 117 Å². The van der Waals surface area contributed by atoms with Crippen LogP contribution in [-0.2, 0) is 19.1 Å². The Morgan fingerprint density at radius 2 is 1.55 bits per heavy atom. The van der Waals surface area contributed by atoms with Gasteiger partial charge in [0.1, 0.15) is 0 Å². The zero-order valence-electron chi connectivity index (χ0n) is 12.0. The maximum absolute atomic E-state index is 11.2. The third kappa shape index (κ3) is 7.70. The van der Waals surface area contributed by atoms with Crippen molar-refractivity contribution in [2.45, 2.75) is 6.92 Å². The molecule has 0 bridgehead atoms. The van der Waals surface area contributed by atoms with Gasteiger partial charge in [-0.2, -0.15) is 0 Å². The number of carbonyl (C=O) groups is 3. The molecule has 0 spiro atoms. The van der Waals surface area contributed by atoms with Crippen LogP contribution in [-0.4, -0.2) is 84.8 Å². The van der Waals surface area contributed by atoms with Crippen LogP contribution in [0, 0.1) is 5.92 Å². The molecule has 1 unspecified atom stereocenters. The van der Waals surface area contributed by atoms with Crippen LogP contribution in [0.25, 0.3) is 0 Å². The molecule has 1 heterocycles. The number of carboxylic acids is 2. The van der Waals surface area contributed by atoms with Gasteiger partial charge in [-0.3, -0.25) is 9.69 Å². The number of carboxylic acid groups (broad SMARTS) is 2. The molecule has 1 aliphatic rings. The lowest BCUT2D eigenvalue weighted by Crippen LogP contribution is -2.46.